The number of fused-ring (bicyclic) bond motifs is 8. The summed E-state index contributed by atoms with van der Waals surface area (Å²) in [6, 6.07) is 65.0. The minimum Gasteiger partial charge on any atom is -0.458 e. The molecule has 9 aromatic rings. The van der Waals surface area contributed by atoms with E-state index in [0.29, 0.717) is 6.04 Å². The number of para-hydroxylation sites is 1. The average Bonchev–Trinajstić information content (AvgIpc) is 3.20. The van der Waals surface area contributed by atoms with Crippen molar-refractivity contribution in [1.29, 1.82) is 0 Å². The molecule has 0 radical (unpaired) electrons. The van der Waals surface area contributed by atoms with Crippen molar-refractivity contribution in [3.8, 4) is 44.9 Å². The molecule has 0 saturated carbocycles. The second-order valence-corrected chi connectivity index (χ2v) is 13.2. The van der Waals surface area contributed by atoms with Crippen molar-refractivity contribution in [3.63, 3.8) is 0 Å². The monoisotopic (exact) mass is 635 g/mol. The molecule has 0 amide bonds. The topological polar surface area (TPSA) is 9.23 Å². The molecule has 1 aliphatic heterocycles. The third-order valence-corrected chi connectivity index (χ3v) is 10.3. The van der Waals surface area contributed by atoms with Crippen LogP contribution >= 0.6 is 0 Å². The van der Waals surface area contributed by atoms with E-state index < -0.39 is 0 Å². The van der Waals surface area contributed by atoms with Crippen molar-refractivity contribution in [2.24, 2.45) is 0 Å². The van der Waals surface area contributed by atoms with Crippen LogP contribution < -0.4 is 21.1 Å². The average molecular weight is 636 g/mol. The van der Waals surface area contributed by atoms with Gasteiger partial charge in [-0.2, -0.15) is 0 Å². The maximum absolute atomic E-state index is 8.83. The van der Waals surface area contributed by atoms with Crippen LogP contribution in [-0.2, 0) is 0 Å². The second kappa shape index (κ2) is 11.6. The molecule has 0 atom stereocenters. The van der Waals surface area contributed by atoms with Crippen molar-refractivity contribution in [1.82, 2.24) is 0 Å². The molecule has 0 unspecified atom stereocenters. The SMILES string of the molecule is [2H]c1cc(-c2cccc(-c3ccc4c(c3)Oc3ccccc3B4c3ccccc3)c2)cc(-c2ccc3c4ccccc4c4ccccc4c3c2)c1. The zero-order valence-electron chi connectivity index (χ0n) is 28.3. The summed E-state index contributed by atoms with van der Waals surface area (Å²) in [6.07, 6.45) is 0. The van der Waals surface area contributed by atoms with Crippen LogP contribution in [0.25, 0.3) is 65.7 Å². The van der Waals surface area contributed by atoms with Crippen molar-refractivity contribution < 1.29 is 6.11 Å². The Balaban J connectivity index is 1.04. The van der Waals surface area contributed by atoms with E-state index in [1.807, 2.05) is 18.2 Å². The van der Waals surface area contributed by atoms with Gasteiger partial charge in [-0.25, -0.2) is 0 Å². The minimum absolute atomic E-state index is 0.108. The highest BCUT2D eigenvalue weighted by atomic mass is 16.5. The number of hydrogen-bond donors (Lipinski definition) is 0. The van der Waals surface area contributed by atoms with Crippen LogP contribution in [0.4, 0.5) is 0 Å². The van der Waals surface area contributed by atoms with E-state index in [9.17, 15) is 0 Å². The second-order valence-electron chi connectivity index (χ2n) is 13.2. The molecule has 0 spiro atoms. The van der Waals surface area contributed by atoms with Gasteiger partial charge >= 0.3 is 0 Å². The van der Waals surface area contributed by atoms with Crippen molar-refractivity contribution in [3.05, 3.63) is 188 Å². The molecule has 0 aliphatic carbocycles. The Hall–Kier alpha value is -6.38. The Bertz CT molecular complexity index is 2770. The van der Waals surface area contributed by atoms with Crippen LogP contribution in [0.5, 0.6) is 11.5 Å². The quantitative estimate of drug-likeness (QED) is 0.138. The van der Waals surface area contributed by atoms with Gasteiger partial charge in [0.25, 0.3) is 6.71 Å². The molecule has 0 saturated heterocycles. The fraction of sp³-hybridized carbons (Fsp3) is 0. The van der Waals surface area contributed by atoms with Gasteiger partial charge in [0.05, 0.1) is 1.37 Å². The molecule has 232 valence electrons. The van der Waals surface area contributed by atoms with E-state index in [-0.39, 0.29) is 6.71 Å². The predicted molar refractivity (Wildman–Crippen MR) is 213 cm³/mol. The zero-order valence-corrected chi connectivity index (χ0v) is 27.3. The number of benzene rings is 9. The van der Waals surface area contributed by atoms with Crippen molar-refractivity contribution >= 4 is 55.4 Å². The minimum atomic E-state index is 0.108. The largest absolute Gasteiger partial charge is 0.458 e. The summed E-state index contributed by atoms with van der Waals surface area (Å²) in [5, 5.41) is 7.52. The Labute approximate surface area is 293 Å². The first kappa shape index (κ1) is 27.6. The van der Waals surface area contributed by atoms with E-state index in [4.69, 9.17) is 6.11 Å². The van der Waals surface area contributed by atoms with Gasteiger partial charge in [0.15, 0.2) is 0 Å². The van der Waals surface area contributed by atoms with Gasteiger partial charge < -0.3 is 4.74 Å². The lowest BCUT2D eigenvalue weighted by atomic mass is 9.36. The van der Waals surface area contributed by atoms with Crippen LogP contribution in [0.2, 0.25) is 0 Å². The third-order valence-electron chi connectivity index (χ3n) is 10.3. The van der Waals surface area contributed by atoms with E-state index >= 15 is 0 Å². The van der Waals surface area contributed by atoms with Gasteiger partial charge in [0.2, 0.25) is 0 Å². The highest BCUT2D eigenvalue weighted by Crippen LogP contribution is 2.38. The predicted octanol–water partition coefficient (Wildman–Crippen LogP) is 10.8. The summed E-state index contributed by atoms with van der Waals surface area (Å²) < 4.78 is 15.4. The molecular formula is C48H31BO. The van der Waals surface area contributed by atoms with Gasteiger partial charge in [0.1, 0.15) is 11.5 Å². The van der Waals surface area contributed by atoms with Crippen LogP contribution in [0, 0.1) is 0 Å². The lowest BCUT2D eigenvalue weighted by Crippen LogP contribution is -2.54. The van der Waals surface area contributed by atoms with Crippen molar-refractivity contribution in [2.45, 2.75) is 0 Å². The maximum Gasteiger partial charge on any atom is 0.250 e. The Morgan fingerprint density at radius 3 is 1.54 bits per heavy atom. The number of hydrogen-bond acceptors (Lipinski definition) is 1. The fourth-order valence-corrected chi connectivity index (χ4v) is 7.91. The standard InChI is InChI=1S/C48H31BO/c1-2-16-38(17-3-1)49-45-22-8-9-23-47(45)50-48-31-37(25-27-46(48)49)35-15-11-13-33(29-35)32-12-10-14-34(28-32)36-24-26-43-41-20-5-4-18-39(41)40-19-6-7-21-42(40)44(43)30-36/h1-31H/i10D. The summed E-state index contributed by atoms with van der Waals surface area (Å²) in [4.78, 5) is 0. The molecule has 50 heavy (non-hydrogen) atoms. The van der Waals surface area contributed by atoms with Gasteiger partial charge in [-0.3, -0.25) is 0 Å². The van der Waals surface area contributed by atoms with Crippen LogP contribution in [-0.4, -0.2) is 6.71 Å². The summed E-state index contributed by atoms with van der Waals surface area (Å²) in [5.74, 6) is 1.79. The lowest BCUT2D eigenvalue weighted by molar-refractivity contribution is 0.487. The fourth-order valence-electron chi connectivity index (χ4n) is 7.91. The Kier molecular flexibility index (Phi) is 6.42. The summed E-state index contributed by atoms with van der Waals surface area (Å²) >= 11 is 0. The van der Waals surface area contributed by atoms with Crippen molar-refractivity contribution in [2.75, 3.05) is 0 Å². The molecule has 1 nitrogen and oxygen atoms in total. The smallest absolute Gasteiger partial charge is 0.250 e. The molecule has 0 aromatic heterocycles. The molecule has 1 heterocycles. The summed E-state index contributed by atoms with van der Waals surface area (Å²) in [5.41, 5.74) is 10.1. The van der Waals surface area contributed by atoms with Gasteiger partial charge in [-0.05, 0) is 107 Å². The molecule has 0 N–H and O–H groups in total. The number of ether oxygens (including phenoxy) is 1. The summed E-state index contributed by atoms with van der Waals surface area (Å²) in [7, 11) is 0. The first-order valence-corrected chi connectivity index (χ1v) is 17.2. The van der Waals surface area contributed by atoms with E-state index in [1.165, 1.54) is 48.7 Å². The Morgan fingerprint density at radius 1 is 0.340 bits per heavy atom. The third kappa shape index (κ3) is 4.72. The highest BCUT2D eigenvalue weighted by molar-refractivity contribution is 6.96. The molecule has 2 heteroatoms. The maximum atomic E-state index is 8.83. The molecule has 0 fully saturated rings. The van der Waals surface area contributed by atoms with Gasteiger partial charge in [-0.15, -0.1) is 0 Å². The van der Waals surface area contributed by atoms with Gasteiger partial charge in [-0.1, -0.05) is 163 Å². The van der Waals surface area contributed by atoms with E-state index in [1.54, 1.807) is 0 Å². The molecule has 10 rings (SSSR count). The first-order valence-electron chi connectivity index (χ1n) is 17.7. The van der Waals surface area contributed by atoms with Crippen LogP contribution in [0.15, 0.2) is 188 Å². The number of rotatable bonds is 4. The van der Waals surface area contributed by atoms with Gasteiger partial charge in [0, 0.05) is 0 Å². The zero-order chi connectivity index (χ0) is 33.9. The van der Waals surface area contributed by atoms with E-state index in [2.05, 4.69) is 164 Å². The molecular weight excluding hydrogens is 603 g/mol. The van der Waals surface area contributed by atoms with E-state index in [0.717, 1.165) is 44.9 Å². The van der Waals surface area contributed by atoms with Crippen LogP contribution in [0.3, 0.4) is 0 Å². The molecule has 0 bridgehead atoms. The Morgan fingerprint density at radius 2 is 0.840 bits per heavy atom. The lowest BCUT2D eigenvalue weighted by Gasteiger charge is -2.27. The highest BCUT2D eigenvalue weighted by Gasteiger charge is 2.32. The van der Waals surface area contributed by atoms with Crippen LogP contribution in [0.1, 0.15) is 1.37 Å². The molecule has 9 aromatic carbocycles. The normalized spacial score (nSPS) is 12.4. The first-order chi connectivity index (χ1) is 25.2. The summed E-state index contributed by atoms with van der Waals surface area (Å²) in [6.45, 7) is 0.108. The molecule has 1 aliphatic rings.